The van der Waals surface area contributed by atoms with Gasteiger partial charge in [0.25, 0.3) is 5.56 Å². The molecular formula is C19H22F3N5O2. The molecule has 0 amide bonds. The average molecular weight is 409 g/mol. The molecule has 2 atom stereocenters. The molecule has 2 aromatic rings. The summed E-state index contributed by atoms with van der Waals surface area (Å²) in [5.74, 6) is 0.430. The number of halogens is 3. The Morgan fingerprint density at radius 3 is 2.83 bits per heavy atom. The molecule has 2 aromatic heterocycles. The second-order valence-electron chi connectivity index (χ2n) is 7.36. The monoisotopic (exact) mass is 409 g/mol. The largest absolute Gasteiger partial charge is 0.408 e. The van der Waals surface area contributed by atoms with E-state index in [2.05, 4.69) is 9.97 Å². The van der Waals surface area contributed by atoms with Gasteiger partial charge in [-0.1, -0.05) is 6.07 Å². The molecule has 0 radical (unpaired) electrons. The molecule has 10 heteroatoms. The van der Waals surface area contributed by atoms with E-state index < -0.39 is 12.2 Å². The lowest BCUT2D eigenvalue weighted by atomic mass is 10.1. The van der Waals surface area contributed by atoms with Gasteiger partial charge < -0.3 is 14.5 Å². The first kappa shape index (κ1) is 19.7. The van der Waals surface area contributed by atoms with E-state index in [4.69, 9.17) is 4.74 Å². The van der Waals surface area contributed by atoms with Gasteiger partial charge in [-0.2, -0.15) is 18.2 Å². The molecular weight excluding hydrogens is 387 g/mol. The number of ether oxygens (including phenoxy) is 1. The van der Waals surface area contributed by atoms with Gasteiger partial charge in [0.2, 0.25) is 5.95 Å². The van der Waals surface area contributed by atoms with E-state index in [0.29, 0.717) is 31.1 Å². The zero-order chi connectivity index (χ0) is 20.6. The van der Waals surface area contributed by atoms with Crippen LogP contribution >= 0.6 is 0 Å². The second-order valence-corrected chi connectivity index (χ2v) is 7.36. The highest BCUT2D eigenvalue weighted by Gasteiger charge is 2.47. The number of hydrogen-bond donors (Lipinski definition) is 0. The molecule has 4 heterocycles. The standard InChI is InChI=1S/C19H22F3N5O2/c1-13-12-29-8-7-25(13)16-9-17(28)26-6-4-15(19(20,21)22)27(18(26)24-16)11-14-3-2-5-23-10-14/h2-3,5,9-10,13,15H,4,6-8,11-12H2,1H3. The fraction of sp³-hybridized carbons (Fsp3) is 0.526. The van der Waals surface area contributed by atoms with Gasteiger partial charge in [0.15, 0.2) is 0 Å². The van der Waals surface area contributed by atoms with Crippen molar-refractivity contribution in [2.45, 2.75) is 44.7 Å². The summed E-state index contributed by atoms with van der Waals surface area (Å²) in [6.07, 6.45) is -1.55. The molecule has 0 N–H and O–H groups in total. The van der Waals surface area contributed by atoms with Crippen molar-refractivity contribution in [3.8, 4) is 0 Å². The van der Waals surface area contributed by atoms with Gasteiger partial charge in [0, 0.05) is 38.1 Å². The Morgan fingerprint density at radius 1 is 1.31 bits per heavy atom. The summed E-state index contributed by atoms with van der Waals surface area (Å²) in [4.78, 5) is 24.3. The van der Waals surface area contributed by atoms with E-state index in [1.165, 1.54) is 21.7 Å². The first-order valence-corrected chi connectivity index (χ1v) is 9.53. The van der Waals surface area contributed by atoms with Crippen molar-refractivity contribution in [1.29, 1.82) is 0 Å². The summed E-state index contributed by atoms with van der Waals surface area (Å²) < 4.78 is 48.2. The third kappa shape index (κ3) is 3.93. The highest BCUT2D eigenvalue weighted by atomic mass is 19.4. The molecule has 29 heavy (non-hydrogen) atoms. The lowest BCUT2D eigenvalue weighted by Crippen LogP contribution is -2.52. The zero-order valence-electron chi connectivity index (χ0n) is 16.0. The van der Waals surface area contributed by atoms with E-state index in [-0.39, 0.29) is 37.1 Å². The van der Waals surface area contributed by atoms with Gasteiger partial charge in [-0.15, -0.1) is 0 Å². The van der Waals surface area contributed by atoms with Gasteiger partial charge in [0.05, 0.1) is 19.3 Å². The maximum Gasteiger partial charge on any atom is 0.408 e. The Labute approximate surface area is 165 Å². The summed E-state index contributed by atoms with van der Waals surface area (Å²) in [5, 5.41) is 0. The lowest BCUT2D eigenvalue weighted by molar-refractivity contribution is -0.153. The third-order valence-electron chi connectivity index (χ3n) is 5.35. The SMILES string of the molecule is CC1COCCN1c1cc(=O)n2c(n1)N(Cc1cccnc1)C(C(F)(F)F)CC2. The van der Waals surface area contributed by atoms with Crippen LogP contribution in [-0.2, 0) is 17.8 Å². The third-order valence-corrected chi connectivity index (χ3v) is 5.35. The number of nitrogens with zero attached hydrogens (tertiary/aromatic N) is 5. The average Bonchev–Trinajstić information content (AvgIpc) is 2.68. The molecule has 2 aliphatic heterocycles. The van der Waals surface area contributed by atoms with Crippen LogP contribution in [0.3, 0.4) is 0 Å². The molecule has 0 aromatic carbocycles. The molecule has 7 nitrogen and oxygen atoms in total. The van der Waals surface area contributed by atoms with Crippen LogP contribution in [-0.4, -0.2) is 52.6 Å². The maximum absolute atomic E-state index is 13.8. The minimum atomic E-state index is -4.44. The number of pyridine rings is 1. The highest BCUT2D eigenvalue weighted by molar-refractivity contribution is 5.48. The fourth-order valence-corrected chi connectivity index (χ4v) is 3.88. The van der Waals surface area contributed by atoms with E-state index in [9.17, 15) is 18.0 Å². The number of rotatable bonds is 3. The van der Waals surface area contributed by atoms with Crippen molar-refractivity contribution in [2.75, 3.05) is 29.6 Å². The summed E-state index contributed by atoms with van der Waals surface area (Å²) >= 11 is 0. The quantitative estimate of drug-likeness (QED) is 0.775. The predicted octanol–water partition coefficient (Wildman–Crippen LogP) is 2.20. The van der Waals surface area contributed by atoms with Gasteiger partial charge in [0.1, 0.15) is 11.9 Å². The zero-order valence-corrected chi connectivity index (χ0v) is 16.0. The van der Waals surface area contributed by atoms with E-state index in [1.54, 1.807) is 18.3 Å². The molecule has 156 valence electrons. The Bertz CT molecular complexity index is 918. The van der Waals surface area contributed by atoms with Crippen molar-refractivity contribution in [3.63, 3.8) is 0 Å². The van der Waals surface area contributed by atoms with Crippen LogP contribution in [0, 0.1) is 0 Å². The van der Waals surface area contributed by atoms with Crippen LogP contribution in [0.5, 0.6) is 0 Å². The van der Waals surface area contributed by atoms with Crippen LogP contribution in [0.15, 0.2) is 35.4 Å². The Kier molecular flexibility index (Phi) is 5.20. The normalized spacial score (nSPS) is 22.5. The number of fused-ring (bicyclic) bond motifs is 1. The Balaban J connectivity index is 1.78. The highest BCUT2D eigenvalue weighted by Crippen LogP contribution is 2.35. The van der Waals surface area contributed by atoms with Crippen LogP contribution in [0.25, 0.3) is 0 Å². The van der Waals surface area contributed by atoms with Crippen molar-refractivity contribution < 1.29 is 17.9 Å². The minimum Gasteiger partial charge on any atom is -0.377 e. The summed E-state index contributed by atoms with van der Waals surface area (Å²) in [6.45, 7) is 3.37. The number of hydrogen-bond acceptors (Lipinski definition) is 6. The molecule has 2 unspecified atom stereocenters. The number of morpholine rings is 1. The number of aromatic nitrogens is 3. The van der Waals surface area contributed by atoms with Crippen LogP contribution in [0.1, 0.15) is 18.9 Å². The first-order valence-electron chi connectivity index (χ1n) is 9.53. The maximum atomic E-state index is 13.8. The smallest absolute Gasteiger partial charge is 0.377 e. The summed E-state index contributed by atoms with van der Waals surface area (Å²) in [5.41, 5.74) is 0.273. The number of anilines is 2. The predicted molar refractivity (Wildman–Crippen MR) is 101 cm³/mol. The molecule has 0 bridgehead atoms. The Morgan fingerprint density at radius 2 is 2.14 bits per heavy atom. The molecule has 1 fully saturated rings. The van der Waals surface area contributed by atoms with Crippen LogP contribution in [0.4, 0.5) is 24.9 Å². The van der Waals surface area contributed by atoms with Crippen molar-refractivity contribution in [2.24, 2.45) is 0 Å². The topological polar surface area (TPSA) is 63.5 Å². The van der Waals surface area contributed by atoms with Gasteiger partial charge in [-0.3, -0.25) is 14.3 Å². The summed E-state index contributed by atoms with van der Waals surface area (Å²) in [7, 11) is 0. The van der Waals surface area contributed by atoms with Gasteiger partial charge >= 0.3 is 6.18 Å². The summed E-state index contributed by atoms with van der Waals surface area (Å²) in [6, 6.07) is 3.06. The molecule has 1 saturated heterocycles. The molecule has 0 aliphatic carbocycles. The van der Waals surface area contributed by atoms with Crippen LogP contribution < -0.4 is 15.4 Å². The molecule has 2 aliphatic rings. The fourth-order valence-electron chi connectivity index (χ4n) is 3.88. The number of alkyl halides is 3. The molecule has 0 saturated carbocycles. The Hall–Kier alpha value is -2.62. The minimum absolute atomic E-state index is 0.0200. The van der Waals surface area contributed by atoms with Crippen LogP contribution in [0.2, 0.25) is 0 Å². The van der Waals surface area contributed by atoms with Gasteiger partial charge in [-0.05, 0) is 25.0 Å². The lowest BCUT2D eigenvalue weighted by Gasteiger charge is -2.40. The van der Waals surface area contributed by atoms with Crippen molar-refractivity contribution in [1.82, 2.24) is 14.5 Å². The van der Waals surface area contributed by atoms with E-state index >= 15 is 0 Å². The van der Waals surface area contributed by atoms with E-state index in [1.807, 2.05) is 11.8 Å². The second kappa shape index (κ2) is 7.66. The van der Waals surface area contributed by atoms with E-state index in [0.717, 1.165) is 0 Å². The van der Waals surface area contributed by atoms with Crippen molar-refractivity contribution >= 4 is 11.8 Å². The van der Waals surface area contributed by atoms with Gasteiger partial charge in [-0.25, -0.2) is 0 Å². The first-order chi connectivity index (χ1) is 13.8. The van der Waals surface area contributed by atoms with Crippen molar-refractivity contribution in [3.05, 3.63) is 46.5 Å². The molecule has 4 rings (SSSR count). The molecule has 0 spiro atoms.